The maximum Gasteiger partial charge on any atom is 0.291 e. The van der Waals surface area contributed by atoms with E-state index < -0.39 is 0 Å². The van der Waals surface area contributed by atoms with Crippen LogP contribution in [0.2, 0.25) is 0 Å². The van der Waals surface area contributed by atoms with E-state index in [1.54, 1.807) is 36.4 Å². The van der Waals surface area contributed by atoms with Gasteiger partial charge in [0, 0.05) is 23.2 Å². The van der Waals surface area contributed by atoms with Crippen LogP contribution in [0.1, 0.15) is 50.1 Å². The maximum absolute atomic E-state index is 12.8. The fourth-order valence-electron chi connectivity index (χ4n) is 3.57. The number of nitrogens with one attached hydrogen (secondary N) is 2. The van der Waals surface area contributed by atoms with Crippen molar-refractivity contribution in [1.82, 2.24) is 5.32 Å². The first-order valence-electron chi connectivity index (χ1n) is 9.51. The van der Waals surface area contributed by atoms with E-state index in [-0.39, 0.29) is 23.6 Å². The molecule has 148 valence electrons. The van der Waals surface area contributed by atoms with Crippen molar-refractivity contribution in [2.75, 3.05) is 11.9 Å². The van der Waals surface area contributed by atoms with Crippen LogP contribution in [0.3, 0.4) is 0 Å². The third-order valence-corrected chi connectivity index (χ3v) is 4.93. The minimum atomic E-state index is -0.336. The Kier molecular flexibility index (Phi) is 5.08. The van der Waals surface area contributed by atoms with Crippen molar-refractivity contribution in [2.24, 2.45) is 0 Å². The fraction of sp³-hybridized carbons (Fsp3) is 0.217. The third kappa shape index (κ3) is 4.01. The Balaban J connectivity index is 1.45. The highest BCUT2D eigenvalue weighted by atomic mass is 16.5. The SMILES string of the molecule is Cc1cc(C)c2c(c1)C(NC(=O)c1ccc(NC(=O)c3ccco3)cc1)CCO2. The number of aryl methyl sites for hydroxylation is 2. The van der Waals surface area contributed by atoms with E-state index in [0.29, 0.717) is 17.9 Å². The monoisotopic (exact) mass is 390 g/mol. The third-order valence-electron chi connectivity index (χ3n) is 4.93. The molecule has 1 unspecified atom stereocenters. The number of ether oxygens (including phenoxy) is 1. The molecule has 0 saturated carbocycles. The molecule has 0 spiro atoms. The number of fused-ring (bicyclic) bond motifs is 1. The van der Waals surface area contributed by atoms with Gasteiger partial charge in [0.25, 0.3) is 11.8 Å². The van der Waals surface area contributed by atoms with Crippen LogP contribution < -0.4 is 15.4 Å². The average Bonchev–Trinajstić information content (AvgIpc) is 3.24. The number of anilines is 1. The summed E-state index contributed by atoms with van der Waals surface area (Å²) in [6.07, 6.45) is 2.17. The molecule has 0 bridgehead atoms. The van der Waals surface area contributed by atoms with Crippen molar-refractivity contribution in [2.45, 2.75) is 26.3 Å². The zero-order valence-electron chi connectivity index (χ0n) is 16.3. The lowest BCUT2D eigenvalue weighted by molar-refractivity contribution is 0.0924. The van der Waals surface area contributed by atoms with E-state index in [1.165, 1.54) is 6.26 Å². The maximum atomic E-state index is 12.8. The number of carbonyl (C=O) groups excluding carboxylic acids is 2. The van der Waals surface area contributed by atoms with Crippen LogP contribution in [0.15, 0.2) is 59.2 Å². The van der Waals surface area contributed by atoms with Crippen LogP contribution in [0.4, 0.5) is 5.69 Å². The van der Waals surface area contributed by atoms with Gasteiger partial charge in [-0.3, -0.25) is 9.59 Å². The Hall–Kier alpha value is -3.54. The topological polar surface area (TPSA) is 80.6 Å². The van der Waals surface area contributed by atoms with E-state index in [2.05, 4.69) is 22.8 Å². The summed E-state index contributed by atoms with van der Waals surface area (Å²) in [5, 5.41) is 5.84. The number of carbonyl (C=O) groups is 2. The normalized spacial score (nSPS) is 15.2. The predicted octanol–water partition coefficient (Wildman–Crippen LogP) is 4.40. The van der Waals surface area contributed by atoms with Gasteiger partial charge in [-0.2, -0.15) is 0 Å². The predicted molar refractivity (Wildman–Crippen MR) is 109 cm³/mol. The van der Waals surface area contributed by atoms with Gasteiger partial charge in [-0.05, 0) is 55.8 Å². The summed E-state index contributed by atoms with van der Waals surface area (Å²) in [4.78, 5) is 24.8. The van der Waals surface area contributed by atoms with Gasteiger partial charge in [0.2, 0.25) is 0 Å². The first kappa shape index (κ1) is 18.8. The minimum Gasteiger partial charge on any atom is -0.493 e. The quantitative estimate of drug-likeness (QED) is 0.692. The lowest BCUT2D eigenvalue weighted by Gasteiger charge is -2.28. The number of benzene rings is 2. The second-order valence-corrected chi connectivity index (χ2v) is 7.17. The van der Waals surface area contributed by atoms with Crippen LogP contribution in [0.25, 0.3) is 0 Å². The van der Waals surface area contributed by atoms with E-state index in [1.807, 2.05) is 13.8 Å². The molecule has 0 radical (unpaired) electrons. The van der Waals surface area contributed by atoms with E-state index in [0.717, 1.165) is 28.9 Å². The zero-order valence-corrected chi connectivity index (χ0v) is 16.3. The largest absolute Gasteiger partial charge is 0.493 e. The van der Waals surface area contributed by atoms with Crippen molar-refractivity contribution >= 4 is 17.5 Å². The molecule has 4 rings (SSSR count). The van der Waals surface area contributed by atoms with Gasteiger partial charge < -0.3 is 19.8 Å². The van der Waals surface area contributed by atoms with Gasteiger partial charge in [0.1, 0.15) is 5.75 Å². The number of rotatable bonds is 4. The Morgan fingerprint density at radius 2 is 1.83 bits per heavy atom. The van der Waals surface area contributed by atoms with E-state index in [4.69, 9.17) is 9.15 Å². The molecule has 1 aromatic heterocycles. The Bertz CT molecular complexity index is 1040. The number of amides is 2. The van der Waals surface area contributed by atoms with Crippen molar-refractivity contribution in [3.05, 3.63) is 82.8 Å². The van der Waals surface area contributed by atoms with Gasteiger partial charge in [0.05, 0.1) is 18.9 Å². The Labute approximate surface area is 168 Å². The van der Waals surface area contributed by atoms with Crippen molar-refractivity contribution in [1.29, 1.82) is 0 Å². The molecule has 0 saturated heterocycles. The van der Waals surface area contributed by atoms with Gasteiger partial charge in [-0.1, -0.05) is 17.7 Å². The highest BCUT2D eigenvalue weighted by Crippen LogP contribution is 2.35. The molecule has 0 fully saturated rings. The summed E-state index contributed by atoms with van der Waals surface area (Å²) in [6.45, 7) is 4.63. The molecule has 1 aliphatic rings. The van der Waals surface area contributed by atoms with Gasteiger partial charge in [-0.25, -0.2) is 0 Å². The smallest absolute Gasteiger partial charge is 0.291 e. The molecular formula is C23H22N2O4. The molecule has 29 heavy (non-hydrogen) atoms. The molecule has 0 aliphatic carbocycles. The molecule has 2 heterocycles. The molecule has 1 atom stereocenters. The first-order chi connectivity index (χ1) is 14.0. The zero-order chi connectivity index (χ0) is 20.4. The number of hydrogen-bond acceptors (Lipinski definition) is 4. The van der Waals surface area contributed by atoms with Crippen LogP contribution >= 0.6 is 0 Å². The highest BCUT2D eigenvalue weighted by molar-refractivity contribution is 6.02. The molecule has 2 amide bonds. The summed E-state index contributed by atoms with van der Waals surface area (Å²) >= 11 is 0. The van der Waals surface area contributed by atoms with Crippen LogP contribution in [-0.4, -0.2) is 18.4 Å². The van der Waals surface area contributed by atoms with Crippen LogP contribution in [0.5, 0.6) is 5.75 Å². The molecule has 2 N–H and O–H groups in total. The van der Waals surface area contributed by atoms with Gasteiger partial charge >= 0.3 is 0 Å². The average molecular weight is 390 g/mol. The lowest BCUT2D eigenvalue weighted by Crippen LogP contribution is -2.32. The molecular weight excluding hydrogens is 368 g/mol. The lowest BCUT2D eigenvalue weighted by atomic mass is 9.95. The molecule has 6 heteroatoms. The number of furan rings is 1. The van der Waals surface area contributed by atoms with Gasteiger partial charge in [0.15, 0.2) is 5.76 Å². The van der Waals surface area contributed by atoms with Crippen molar-refractivity contribution < 1.29 is 18.7 Å². The summed E-state index contributed by atoms with van der Waals surface area (Å²) in [5.74, 6) is 0.599. The van der Waals surface area contributed by atoms with Gasteiger partial charge in [-0.15, -0.1) is 0 Å². The second kappa shape index (κ2) is 7.83. The first-order valence-corrected chi connectivity index (χ1v) is 9.51. The summed E-state index contributed by atoms with van der Waals surface area (Å²) in [6, 6.07) is 14.1. The highest BCUT2D eigenvalue weighted by Gasteiger charge is 2.25. The molecule has 6 nitrogen and oxygen atoms in total. The molecule has 3 aromatic rings. The van der Waals surface area contributed by atoms with E-state index in [9.17, 15) is 9.59 Å². The standard InChI is InChI=1S/C23H22N2O4/c1-14-12-15(2)21-18(13-14)19(9-11-29-21)25-22(26)16-5-7-17(8-6-16)24-23(27)20-4-3-10-28-20/h3-8,10,12-13,19H,9,11H2,1-2H3,(H,24,27)(H,25,26). The Morgan fingerprint density at radius 3 is 2.55 bits per heavy atom. The van der Waals surface area contributed by atoms with Crippen LogP contribution in [-0.2, 0) is 0 Å². The molecule has 1 aliphatic heterocycles. The number of hydrogen-bond donors (Lipinski definition) is 2. The van der Waals surface area contributed by atoms with E-state index >= 15 is 0 Å². The van der Waals surface area contributed by atoms with Crippen molar-refractivity contribution in [3.8, 4) is 5.75 Å². The summed E-state index contributed by atoms with van der Waals surface area (Å²) in [5.41, 5.74) is 4.35. The second-order valence-electron chi connectivity index (χ2n) is 7.17. The summed E-state index contributed by atoms with van der Waals surface area (Å²) in [7, 11) is 0. The summed E-state index contributed by atoms with van der Waals surface area (Å²) < 4.78 is 10.9. The Morgan fingerprint density at radius 1 is 1.03 bits per heavy atom. The fourth-order valence-corrected chi connectivity index (χ4v) is 3.57. The molecule has 2 aromatic carbocycles. The van der Waals surface area contributed by atoms with Crippen LogP contribution in [0, 0.1) is 13.8 Å². The van der Waals surface area contributed by atoms with Crippen molar-refractivity contribution in [3.63, 3.8) is 0 Å². The minimum absolute atomic E-state index is 0.0943.